The smallest absolute Gasteiger partial charge is 0.321 e. The van der Waals surface area contributed by atoms with Crippen molar-refractivity contribution in [1.29, 1.82) is 0 Å². The summed E-state index contributed by atoms with van der Waals surface area (Å²) in [4.78, 5) is 17.0. The number of hydrogen-bond acceptors (Lipinski definition) is 3. The van der Waals surface area contributed by atoms with Gasteiger partial charge in [-0.2, -0.15) is 5.10 Å². The summed E-state index contributed by atoms with van der Waals surface area (Å²) < 4.78 is 15.3. The normalized spacial score (nSPS) is 23.5. The lowest BCUT2D eigenvalue weighted by atomic mass is 10.1. The van der Waals surface area contributed by atoms with Gasteiger partial charge in [-0.05, 0) is 50.6 Å². The van der Waals surface area contributed by atoms with Crippen LogP contribution in [0.2, 0.25) is 0 Å². The Balaban J connectivity index is 1.54. The molecule has 2 fully saturated rings. The Morgan fingerprint density at radius 2 is 2.12 bits per heavy atom. The molecule has 25 heavy (non-hydrogen) atoms. The van der Waals surface area contributed by atoms with E-state index in [9.17, 15) is 9.18 Å². The molecule has 1 aromatic carbocycles. The van der Waals surface area contributed by atoms with E-state index in [-0.39, 0.29) is 11.8 Å². The van der Waals surface area contributed by atoms with Crippen molar-refractivity contribution in [2.45, 2.75) is 31.3 Å². The van der Waals surface area contributed by atoms with Crippen molar-refractivity contribution >= 4 is 11.7 Å². The number of carbonyl (C=O) groups excluding carboxylic acids is 1. The minimum Gasteiger partial charge on any atom is -0.323 e. The van der Waals surface area contributed by atoms with Crippen LogP contribution in [0.4, 0.5) is 14.9 Å². The van der Waals surface area contributed by atoms with Gasteiger partial charge in [-0.25, -0.2) is 13.9 Å². The van der Waals surface area contributed by atoms with Crippen molar-refractivity contribution in [3.05, 3.63) is 42.5 Å². The Morgan fingerprint density at radius 3 is 2.92 bits per heavy atom. The van der Waals surface area contributed by atoms with Crippen LogP contribution in [0, 0.1) is 5.82 Å². The molecule has 2 saturated heterocycles. The topological polar surface area (TPSA) is 53.4 Å². The quantitative estimate of drug-likeness (QED) is 0.912. The molecule has 2 aromatic rings. The summed E-state index contributed by atoms with van der Waals surface area (Å²) in [5.41, 5.74) is 1.07. The Bertz CT molecular complexity index is 763. The second kappa shape index (κ2) is 6.48. The van der Waals surface area contributed by atoms with Crippen molar-refractivity contribution in [2.24, 2.45) is 0 Å². The number of halogens is 1. The molecule has 2 amide bonds. The summed E-state index contributed by atoms with van der Waals surface area (Å²) in [6, 6.07) is 6.91. The zero-order chi connectivity index (χ0) is 17.4. The number of benzene rings is 1. The number of urea groups is 1. The van der Waals surface area contributed by atoms with Crippen molar-refractivity contribution in [3.63, 3.8) is 0 Å². The average molecular weight is 343 g/mol. The largest absolute Gasteiger partial charge is 0.323 e. The maximum atomic E-state index is 13.7. The van der Waals surface area contributed by atoms with Crippen molar-refractivity contribution in [2.75, 3.05) is 25.5 Å². The first-order chi connectivity index (χ1) is 12.1. The van der Waals surface area contributed by atoms with Gasteiger partial charge in [-0.15, -0.1) is 0 Å². The minimum atomic E-state index is -0.388. The van der Waals surface area contributed by atoms with Crippen LogP contribution in [0.1, 0.15) is 19.3 Å². The van der Waals surface area contributed by atoms with E-state index in [4.69, 9.17) is 0 Å². The highest BCUT2D eigenvalue weighted by Crippen LogP contribution is 2.29. The van der Waals surface area contributed by atoms with E-state index in [1.807, 2.05) is 4.90 Å². The van der Waals surface area contributed by atoms with Gasteiger partial charge in [-0.3, -0.25) is 4.90 Å². The lowest BCUT2D eigenvalue weighted by molar-refractivity contribution is 0.200. The zero-order valence-electron chi connectivity index (χ0n) is 14.2. The van der Waals surface area contributed by atoms with Gasteiger partial charge in [0.15, 0.2) is 0 Å². The van der Waals surface area contributed by atoms with Crippen LogP contribution in [-0.4, -0.2) is 57.8 Å². The number of likely N-dealkylation sites (tertiary alicyclic amines) is 1. The molecule has 3 heterocycles. The molecule has 0 unspecified atom stereocenters. The number of aromatic nitrogens is 2. The number of amides is 2. The highest BCUT2D eigenvalue weighted by atomic mass is 19.1. The van der Waals surface area contributed by atoms with E-state index < -0.39 is 0 Å². The van der Waals surface area contributed by atoms with Crippen LogP contribution >= 0.6 is 0 Å². The third-order valence-corrected chi connectivity index (χ3v) is 5.39. The van der Waals surface area contributed by atoms with Gasteiger partial charge in [0.25, 0.3) is 0 Å². The number of fused-ring (bicyclic) bond motifs is 2. The van der Waals surface area contributed by atoms with Crippen LogP contribution in [0.15, 0.2) is 36.7 Å². The Kier molecular flexibility index (Phi) is 4.17. The molecule has 0 aliphatic carbocycles. The standard InChI is InChI=1S/C18H22FN5O/c1-22-14-4-5-15(22)12-23(10-7-14)18(25)21-16-11-13(19)3-6-17(16)24-9-2-8-20-24/h2-3,6,8-9,11,14-15H,4-5,7,10,12H2,1H3,(H,21,25)/t14-,15-/m0/s1. The molecule has 1 N–H and O–H groups in total. The highest BCUT2D eigenvalue weighted by Gasteiger charge is 2.36. The molecule has 132 valence electrons. The molecule has 2 bridgehead atoms. The first-order valence-corrected chi connectivity index (χ1v) is 8.69. The summed E-state index contributed by atoms with van der Waals surface area (Å²) in [6.07, 6.45) is 6.74. The fraction of sp³-hybridized carbons (Fsp3) is 0.444. The van der Waals surface area contributed by atoms with E-state index in [1.165, 1.54) is 18.6 Å². The van der Waals surface area contributed by atoms with E-state index in [2.05, 4.69) is 22.4 Å². The van der Waals surface area contributed by atoms with Crippen molar-refractivity contribution in [1.82, 2.24) is 19.6 Å². The fourth-order valence-corrected chi connectivity index (χ4v) is 3.91. The Labute approximate surface area is 146 Å². The molecule has 0 spiro atoms. The third-order valence-electron chi connectivity index (χ3n) is 5.39. The molecule has 2 aliphatic heterocycles. The SMILES string of the molecule is CN1[C@H]2CC[C@H]1CN(C(=O)Nc1cc(F)ccc1-n1cccn1)CC2. The summed E-state index contributed by atoms with van der Waals surface area (Å²) >= 11 is 0. The molecule has 0 radical (unpaired) electrons. The van der Waals surface area contributed by atoms with E-state index >= 15 is 0 Å². The first kappa shape index (κ1) is 16.1. The third kappa shape index (κ3) is 3.11. The van der Waals surface area contributed by atoms with Gasteiger partial charge in [0, 0.05) is 37.6 Å². The predicted molar refractivity (Wildman–Crippen MR) is 93.3 cm³/mol. The Hall–Kier alpha value is -2.41. The van der Waals surface area contributed by atoms with Crippen molar-refractivity contribution < 1.29 is 9.18 Å². The monoisotopic (exact) mass is 343 g/mol. The van der Waals surface area contributed by atoms with Gasteiger partial charge < -0.3 is 10.2 Å². The molecule has 6 nitrogen and oxygen atoms in total. The van der Waals surface area contributed by atoms with Gasteiger partial charge in [-0.1, -0.05) is 0 Å². The number of carbonyl (C=O) groups is 1. The predicted octanol–water partition coefficient (Wildman–Crippen LogP) is 2.71. The maximum Gasteiger partial charge on any atom is 0.321 e. The van der Waals surface area contributed by atoms with Gasteiger partial charge in [0.2, 0.25) is 0 Å². The summed E-state index contributed by atoms with van der Waals surface area (Å²) in [5, 5.41) is 7.05. The number of nitrogens with one attached hydrogen (secondary N) is 1. The molecular formula is C18H22FN5O. The maximum absolute atomic E-state index is 13.7. The molecule has 1 aromatic heterocycles. The second-order valence-corrected chi connectivity index (χ2v) is 6.83. The average Bonchev–Trinajstić information content (AvgIpc) is 3.16. The zero-order valence-corrected chi connectivity index (χ0v) is 14.2. The van der Waals surface area contributed by atoms with Crippen LogP contribution < -0.4 is 5.32 Å². The summed E-state index contributed by atoms with van der Waals surface area (Å²) in [7, 11) is 2.14. The number of rotatable bonds is 2. The molecule has 2 atom stereocenters. The lowest BCUT2D eigenvalue weighted by Gasteiger charge is -2.26. The second-order valence-electron chi connectivity index (χ2n) is 6.83. The molecular weight excluding hydrogens is 321 g/mol. The van der Waals surface area contributed by atoms with E-state index in [0.29, 0.717) is 30.0 Å². The number of likely N-dealkylation sites (N-methyl/N-ethyl adjacent to an activating group) is 1. The van der Waals surface area contributed by atoms with Crippen LogP contribution in [0.5, 0.6) is 0 Å². The number of anilines is 1. The molecule has 2 aliphatic rings. The van der Waals surface area contributed by atoms with E-state index in [1.54, 1.807) is 29.2 Å². The molecule has 7 heteroatoms. The molecule has 0 saturated carbocycles. The van der Waals surface area contributed by atoms with Crippen LogP contribution in [0.3, 0.4) is 0 Å². The molecule has 4 rings (SSSR count). The Morgan fingerprint density at radius 1 is 1.28 bits per heavy atom. The first-order valence-electron chi connectivity index (χ1n) is 8.69. The van der Waals surface area contributed by atoms with E-state index in [0.717, 1.165) is 19.4 Å². The van der Waals surface area contributed by atoms with Crippen LogP contribution in [-0.2, 0) is 0 Å². The van der Waals surface area contributed by atoms with Gasteiger partial charge >= 0.3 is 6.03 Å². The fourth-order valence-electron chi connectivity index (χ4n) is 3.91. The minimum absolute atomic E-state index is 0.181. The number of nitrogens with zero attached hydrogens (tertiary/aromatic N) is 4. The lowest BCUT2D eigenvalue weighted by Crippen LogP contribution is -2.41. The van der Waals surface area contributed by atoms with Gasteiger partial charge in [0.05, 0.1) is 11.4 Å². The summed E-state index contributed by atoms with van der Waals surface area (Å²) in [5.74, 6) is -0.388. The highest BCUT2D eigenvalue weighted by molar-refractivity contribution is 5.91. The summed E-state index contributed by atoms with van der Waals surface area (Å²) in [6.45, 7) is 1.44. The van der Waals surface area contributed by atoms with Crippen molar-refractivity contribution in [3.8, 4) is 5.69 Å². The van der Waals surface area contributed by atoms with Crippen LogP contribution in [0.25, 0.3) is 5.69 Å². The number of hydrogen-bond donors (Lipinski definition) is 1. The van der Waals surface area contributed by atoms with Gasteiger partial charge in [0.1, 0.15) is 5.82 Å².